The third-order valence-electron chi connectivity index (χ3n) is 10.3. The number of ether oxygens (including phenoxy) is 6. The maximum absolute atomic E-state index is 14.1. The number of pyridine rings is 2. The number of aromatic nitrogens is 2. The fourth-order valence-corrected chi connectivity index (χ4v) is 7.26. The predicted octanol–water partition coefficient (Wildman–Crippen LogP) is 11.6. The highest BCUT2D eigenvalue weighted by atomic mass is 16.7. The van der Waals surface area contributed by atoms with Gasteiger partial charge in [-0.1, -0.05) is 49.2 Å². The minimum Gasteiger partial charge on any atom is -0.457 e. The van der Waals surface area contributed by atoms with Crippen LogP contribution < -0.4 is 9.47 Å². The standard InChI is InChI=1S/C47H52N2O7/c1-11-37-31(7)45(35-23-41(29(5)21-39(35)48-37)53-33-17-13-27(3)14-18-33)43(25-51-9)55-47(50)56-44(26-52-10)46-32(8)38(12-2)49-40-22-30(6)42(24-36(40)46)54-34-19-15-28(4)16-20-34/h13-24,43-44H,11-12,25-26H2,1-10H3. The van der Waals surface area contributed by atoms with Gasteiger partial charge in [-0.05, 0) is 125 Å². The number of aryl methyl sites for hydroxylation is 6. The number of hydrogen-bond donors (Lipinski definition) is 0. The lowest BCUT2D eigenvalue weighted by molar-refractivity contribution is -0.0399. The molecule has 6 aromatic rings. The fraction of sp³-hybridized carbons (Fsp3) is 0.340. The van der Waals surface area contributed by atoms with Crippen LogP contribution in [0.25, 0.3) is 21.8 Å². The van der Waals surface area contributed by atoms with E-state index in [1.165, 1.54) is 0 Å². The first-order valence-electron chi connectivity index (χ1n) is 19.2. The monoisotopic (exact) mass is 756 g/mol. The summed E-state index contributed by atoms with van der Waals surface area (Å²) < 4.78 is 36.6. The number of fused-ring (bicyclic) bond motifs is 2. The molecule has 56 heavy (non-hydrogen) atoms. The second-order valence-electron chi connectivity index (χ2n) is 14.4. The highest BCUT2D eigenvalue weighted by molar-refractivity contribution is 5.88. The van der Waals surface area contributed by atoms with Crippen molar-refractivity contribution in [2.45, 2.75) is 80.4 Å². The molecule has 0 radical (unpaired) electrons. The summed E-state index contributed by atoms with van der Waals surface area (Å²) in [6.45, 7) is 16.4. The number of benzene rings is 4. The van der Waals surface area contributed by atoms with Gasteiger partial charge in [0, 0.05) is 47.5 Å². The quantitative estimate of drug-likeness (QED) is 0.101. The number of methoxy groups -OCH3 is 2. The van der Waals surface area contributed by atoms with E-state index in [9.17, 15) is 4.79 Å². The molecule has 6 rings (SSSR count). The molecule has 0 fully saturated rings. The summed E-state index contributed by atoms with van der Waals surface area (Å²) in [7, 11) is 3.17. The normalized spacial score (nSPS) is 12.5. The van der Waals surface area contributed by atoms with Crippen LogP contribution in [0.2, 0.25) is 0 Å². The third kappa shape index (κ3) is 8.64. The molecule has 0 saturated carbocycles. The Morgan fingerprint density at radius 1 is 0.571 bits per heavy atom. The van der Waals surface area contributed by atoms with Crippen molar-refractivity contribution in [3.63, 3.8) is 0 Å². The largest absolute Gasteiger partial charge is 0.509 e. The van der Waals surface area contributed by atoms with Crippen molar-refractivity contribution in [1.29, 1.82) is 0 Å². The zero-order valence-corrected chi connectivity index (χ0v) is 34.2. The maximum atomic E-state index is 14.1. The molecule has 2 atom stereocenters. The van der Waals surface area contributed by atoms with Gasteiger partial charge in [0.2, 0.25) is 0 Å². The van der Waals surface area contributed by atoms with E-state index in [-0.39, 0.29) is 13.2 Å². The second kappa shape index (κ2) is 17.5. The topological polar surface area (TPSA) is 98.2 Å². The summed E-state index contributed by atoms with van der Waals surface area (Å²) in [5.74, 6) is 2.81. The van der Waals surface area contributed by atoms with Gasteiger partial charge in [-0.15, -0.1) is 0 Å². The molecule has 0 aliphatic carbocycles. The van der Waals surface area contributed by atoms with E-state index < -0.39 is 18.4 Å². The van der Waals surface area contributed by atoms with Crippen LogP contribution in [0.15, 0.2) is 72.8 Å². The van der Waals surface area contributed by atoms with Crippen LogP contribution in [0, 0.1) is 41.5 Å². The lowest BCUT2D eigenvalue weighted by atomic mass is 9.95. The molecule has 292 valence electrons. The summed E-state index contributed by atoms with van der Waals surface area (Å²) in [5, 5.41) is 1.60. The average molecular weight is 757 g/mol. The Morgan fingerprint density at radius 2 is 0.946 bits per heavy atom. The Kier molecular flexibility index (Phi) is 12.6. The van der Waals surface area contributed by atoms with Crippen molar-refractivity contribution in [2.24, 2.45) is 0 Å². The Bertz CT molecular complexity index is 2190. The van der Waals surface area contributed by atoms with Crippen LogP contribution in [-0.4, -0.2) is 43.6 Å². The molecule has 0 bridgehead atoms. The number of carbonyl (C=O) groups is 1. The van der Waals surface area contributed by atoms with Crippen molar-refractivity contribution >= 4 is 28.0 Å². The molecule has 0 amide bonds. The van der Waals surface area contributed by atoms with Crippen LogP contribution in [0.1, 0.15) is 82.0 Å². The molecule has 0 aliphatic rings. The van der Waals surface area contributed by atoms with Gasteiger partial charge < -0.3 is 28.4 Å². The van der Waals surface area contributed by atoms with E-state index in [2.05, 4.69) is 13.8 Å². The van der Waals surface area contributed by atoms with Gasteiger partial charge in [-0.3, -0.25) is 9.97 Å². The van der Waals surface area contributed by atoms with E-state index in [1.807, 2.05) is 114 Å². The molecule has 2 heterocycles. The Balaban J connectivity index is 1.39. The minimum atomic E-state index is -0.856. The second-order valence-corrected chi connectivity index (χ2v) is 14.4. The van der Waals surface area contributed by atoms with E-state index in [0.29, 0.717) is 24.3 Å². The first-order chi connectivity index (χ1) is 26.9. The van der Waals surface area contributed by atoms with Gasteiger partial charge in [0.1, 0.15) is 23.0 Å². The Hall–Kier alpha value is -5.51. The summed E-state index contributed by atoms with van der Waals surface area (Å²) in [6, 6.07) is 23.8. The lowest BCUT2D eigenvalue weighted by Crippen LogP contribution is -2.23. The molecule has 4 aromatic carbocycles. The lowest BCUT2D eigenvalue weighted by Gasteiger charge is -2.26. The van der Waals surface area contributed by atoms with Gasteiger partial charge >= 0.3 is 6.16 Å². The molecule has 0 spiro atoms. The maximum Gasteiger partial charge on any atom is 0.509 e. The van der Waals surface area contributed by atoms with Crippen molar-refractivity contribution in [2.75, 3.05) is 27.4 Å². The Morgan fingerprint density at radius 3 is 1.29 bits per heavy atom. The molecule has 2 aromatic heterocycles. The third-order valence-corrected chi connectivity index (χ3v) is 10.3. The average Bonchev–Trinajstić information content (AvgIpc) is 3.17. The zero-order valence-electron chi connectivity index (χ0n) is 34.2. The van der Waals surface area contributed by atoms with Crippen molar-refractivity contribution < 1.29 is 33.2 Å². The molecule has 0 saturated heterocycles. The zero-order chi connectivity index (χ0) is 40.1. The van der Waals surface area contributed by atoms with Crippen LogP contribution in [0.5, 0.6) is 23.0 Å². The first-order valence-corrected chi connectivity index (χ1v) is 19.2. The van der Waals surface area contributed by atoms with Crippen LogP contribution in [0.4, 0.5) is 4.79 Å². The first kappa shape index (κ1) is 40.2. The number of carbonyl (C=O) groups excluding carboxylic acids is 1. The van der Waals surface area contributed by atoms with Crippen molar-refractivity contribution in [3.8, 4) is 23.0 Å². The molecule has 0 N–H and O–H groups in total. The predicted molar refractivity (Wildman–Crippen MR) is 220 cm³/mol. The fourth-order valence-electron chi connectivity index (χ4n) is 7.26. The molecule has 9 nitrogen and oxygen atoms in total. The number of nitrogens with zero attached hydrogens (tertiary/aromatic N) is 2. The van der Waals surface area contributed by atoms with Crippen molar-refractivity contribution in [3.05, 3.63) is 129 Å². The van der Waals surface area contributed by atoms with Gasteiger partial charge in [-0.2, -0.15) is 0 Å². The smallest absolute Gasteiger partial charge is 0.457 e. The summed E-state index contributed by atoms with van der Waals surface area (Å²) in [6.07, 6.45) is -1.11. The SMILES string of the molecule is CCc1nc2cc(C)c(Oc3ccc(C)cc3)cc2c(C(COC)OC(=O)OC(COC)c2c(C)c(CC)nc3cc(C)c(Oc4ccc(C)cc4)cc23)c1C. The summed E-state index contributed by atoms with van der Waals surface area (Å²) in [5.41, 5.74) is 10.9. The van der Waals surface area contributed by atoms with Gasteiger partial charge in [-0.25, -0.2) is 4.79 Å². The van der Waals surface area contributed by atoms with E-state index >= 15 is 0 Å². The van der Waals surface area contributed by atoms with E-state index in [0.717, 1.165) is 89.2 Å². The molecular formula is C47H52N2O7. The molecule has 0 aliphatic heterocycles. The van der Waals surface area contributed by atoms with Crippen molar-refractivity contribution in [1.82, 2.24) is 9.97 Å². The summed E-state index contributed by atoms with van der Waals surface area (Å²) >= 11 is 0. The molecular weight excluding hydrogens is 705 g/mol. The van der Waals surface area contributed by atoms with Gasteiger partial charge in [0.05, 0.1) is 24.2 Å². The van der Waals surface area contributed by atoms with E-state index in [1.54, 1.807) is 14.2 Å². The number of rotatable bonds is 14. The minimum absolute atomic E-state index is 0.0887. The Labute approximate surface area is 329 Å². The van der Waals surface area contributed by atoms with Crippen LogP contribution >= 0.6 is 0 Å². The van der Waals surface area contributed by atoms with E-state index in [4.69, 9.17) is 38.4 Å². The van der Waals surface area contributed by atoms with Gasteiger partial charge in [0.15, 0.2) is 12.2 Å². The van der Waals surface area contributed by atoms with Crippen LogP contribution in [-0.2, 0) is 31.8 Å². The van der Waals surface area contributed by atoms with Gasteiger partial charge in [0.25, 0.3) is 0 Å². The highest BCUT2D eigenvalue weighted by Crippen LogP contribution is 2.39. The highest BCUT2D eigenvalue weighted by Gasteiger charge is 2.29. The molecule has 2 unspecified atom stereocenters. The van der Waals surface area contributed by atoms with Crippen LogP contribution in [0.3, 0.4) is 0 Å². The number of hydrogen-bond acceptors (Lipinski definition) is 9. The molecule has 9 heteroatoms. The summed E-state index contributed by atoms with van der Waals surface area (Å²) in [4.78, 5) is 24.1.